The van der Waals surface area contributed by atoms with Crippen molar-refractivity contribution in [3.8, 4) is 0 Å². The third-order valence-electron chi connectivity index (χ3n) is 2.29. The van der Waals surface area contributed by atoms with Gasteiger partial charge in [0.25, 0.3) is 0 Å². The molecule has 2 heteroatoms. The van der Waals surface area contributed by atoms with Gasteiger partial charge in [-0.25, -0.2) is 0 Å². The van der Waals surface area contributed by atoms with E-state index >= 15 is 0 Å². The Morgan fingerprint density at radius 1 is 1.58 bits per heavy atom. The van der Waals surface area contributed by atoms with E-state index in [0.717, 1.165) is 12.2 Å². The summed E-state index contributed by atoms with van der Waals surface area (Å²) in [5.41, 5.74) is 0. The second-order valence-corrected chi connectivity index (χ2v) is 3.24. The monoisotopic (exact) mass is 168 g/mol. The molecule has 0 aliphatic carbocycles. The van der Waals surface area contributed by atoms with Crippen LogP contribution in [-0.4, -0.2) is 11.2 Å². The van der Waals surface area contributed by atoms with E-state index in [9.17, 15) is 5.11 Å². The molecule has 1 heterocycles. The van der Waals surface area contributed by atoms with Crippen LogP contribution in [-0.2, 0) is 6.42 Å². The fourth-order valence-corrected chi connectivity index (χ4v) is 1.11. The Morgan fingerprint density at radius 3 is 2.83 bits per heavy atom. The molecule has 2 unspecified atom stereocenters. The number of aliphatic hydroxyl groups is 1. The number of furan rings is 1. The molecule has 0 aliphatic rings. The lowest BCUT2D eigenvalue weighted by Gasteiger charge is -2.15. The van der Waals surface area contributed by atoms with Crippen LogP contribution in [0.3, 0.4) is 0 Å². The third kappa shape index (κ3) is 2.38. The Hall–Kier alpha value is -0.760. The Kier molecular flexibility index (Phi) is 3.35. The minimum atomic E-state index is -0.277. The molecular formula is C10H16O2. The van der Waals surface area contributed by atoms with E-state index in [1.807, 2.05) is 19.1 Å². The van der Waals surface area contributed by atoms with Crippen molar-refractivity contribution in [1.82, 2.24) is 0 Å². The summed E-state index contributed by atoms with van der Waals surface area (Å²) in [7, 11) is 0. The van der Waals surface area contributed by atoms with Crippen LogP contribution < -0.4 is 0 Å². The van der Waals surface area contributed by atoms with Crippen LogP contribution in [0, 0.1) is 5.92 Å². The standard InChI is InChI=1S/C10H16O2/c1-3-8(2)10(11)7-9-5-4-6-12-9/h4-6,8,10-11H,3,7H2,1-2H3. The summed E-state index contributed by atoms with van der Waals surface area (Å²) in [4.78, 5) is 0. The van der Waals surface area contributed by atoms with Crippen molar-refractivity contribution in [1.29, 1.82) is 0 Å². The van der Waals surface area contributed by atoms with Gasteiger partial charge >= 0.3 is 0 Å². The van der Waals surface area contributed by atoms with Crippen LogP contribution in [0.4, 0.5) is 0 Å². The molecule has 2 atom stereocenters. The van der Waals surface area contributed by atoms with Gasteiger partial charge in [-0.1, -0.05) is 20.3 Å². The Balaban J connectivity index is 2.41. The second-order valence-electron chi connectivity index (χ2n) is 3.24. The maximum atomic E-state index is 9.63. The first-order valence-electron chi connectivity index (χ1n) is 4.44. The minimum absolute atomic E-state index is 0.277. The number of rotatable bonds is 4. The predicted molar refractivity (Wildman–Crippen MR) is 47.9 cm³/mol. The van der Waals surface area contributed by atoms with Gasteiger partial charge in [0.05, 0.1) is 12.4 Å². The molecule has 68 valence electrons. The molecule has 1 N–H and O–H groups in total. The first-order valence-corrected chi connectivity index (χ1v) is 4.44. The van der Waals surface area contributed by atoms with Crippen LogP contribution in [0.5, 0.6) is 0 Å². The van der Waals surface area contributed by atoms with Crippen LogP contribution in [0.2, 0.25) is 0 Å². The summed E-state index contributed by atoms with van der Waals surface area (Å²) in [5.74, 6) is 1.21. The van der Waals surface area contributed by atoms with Gasteiger partial charge in [-0.2, -0.15) is 0 Å². The lowest BCUT2D eigenvalue weighted by atomic mass is 9.98. The zero-order valence-electron chi connectivity index (χ0n) is 7.66. The van der Waals surface area contributed by atoms with Crippen molar-refractivity contribution in [3.63, 3.8) is 0 Å². The number of hydrogen-bond donors (Lipinski definition) is 1. The van der Waals surface area contributed by atoms with E-state index in [1.165, 1.54) is 0 Å². The highest BCUT2D eigenvalue weighted by molar-refractivity contribution is 4.99. The average Bonchev–Trinajstić information content (AvgIpc) is 2.55. The largest absolute Gasteiger partial charge is 0.469 e. The highest BCUT2D eigenvalue weighted by Gasteiger charge is 2.13. The lowest BCUT2D eigenvalue weighted by Crippen LogP contribution is -2.19. The fourth-order valence-electron chi connectivity index (χ4n) is 1.11. The van der Waals surface area contributed by atoms with Crippen LogP contribution in [0.15, 0.2) is 22.8 Å². The van der Waals surface area contributed by atoms with E-state index in [0.29, 0.717) is 12.3 Å². The molecule has 1 aromatic heterocycles. The number of hydrogen-bond acceptors (Lipinski definition) is 2. The highest BCUT2D eigenvalue weighted by Crippen LogP contribution is 2.13. The van der Waals surface area contributed by atoms with E-state index < -0.39 is 0 Å². The first kappa shape index (κ1) is 9.33. The summed E-state index contributed by atoms with van der Waals surface area (Å²) in [6.45, 7) is 4.13. The van der Waals surface area contributed by atoms with E-state index in [4.69, 9.17) is 4.42 Å². The van der Waals surface area contributed by atoms with Crippen molar-refractivity contribution in [2.75, 3.05) is 0 Å². The molecule has 0 fully saturated rings. The van der Waals surface area contributed by atoms with Gasteiger partial charge in [-0.3, -0.25) is 0 Å². The molecule has 0 aliphatic heterocycles. The SMILES string of the molecule is CCC(C)C(O)Cc1ccco1. The van der Waals surface area contributed by atoms with Crippen LogP contribution >= 0.6 is 0 Å². The fraction of sp³-hybridized carbons (Fsp3) is 0.600. The van der Waals surface area contributed by atoms with Gasteiger partial charge < -0.3 is 9.52 Å². The molecule has 0 saturated carbocycles. The number of aliphatic hydroxyl groups excluding tert-OH is 1. The average molecular weight is 168 g/mol. The zero-order chi connectivity index (χ0) is 8.97. The molecule has 0 radical (unpaired) electrons. The second kappa shape index (κ2) is 4.31. The predicted octanol–water partition coefficient (Wildman–Crippen LogP) is 2.23. The van der Waals surface area contributed by atoms with Gasteiger partial charge in [-0.05, 0) is 18.1 Å². The normalized spacial score (nSPS) is 15.9. The van der Waals surface area contributed by atoms with Crippen molar-refractivity contribution in [3.05, 3.63) is 24.2 Å². The summed E-state index contributed by atoms with van der Waals surface area (Å²) < 4.78 is 5.14. The summed E-state index contributed by atoms with van der Waals surface area (Å²) in [5, 5.41) is 9.63. The zero-order valence-corrected chi connectivity index (χ0v) is 7.66. The quantitative estimate of drug-likeness (QED) is 0.747. The molecule has 0 amide bonds. The smallest absolute Gasteiger partial charge is 0.106 e. The van der Waals surface area contributed by atoms with E-state index in [2.05, 4.69) is 6.92 Å². The van der Waals surface area contributed by atoms with Crippen molar-refractivity contribution in [2.45, 2.75) is 32.8 Å². The maximum absolute atomic E-state index is 9.63. The minimum Gasteiger partial charge on any atom is -0.469 e. The third-order valence-corrected chi connectivity index (χ3v) is 2.29. The molecule has 0 saturated heterocycles. The molecule has 1 aromatic rings. The molecule has 0 spiro atoms. The van der Waals surface area contributed by atoms with Gasteiger partial charge in [0.1, 0.15) is 5.76 Å². The van der Waals surface area contributed by atoms with Gasteiger partial charge in [0.15, 0.2) is 0 Å². The maximum Gasteiger partial charge on any atom is 0.106 e. The Morgan fingerprint density at radius 2 is 2.33 bits per heavy atom. The summed E-state index contributed by atoms with van der Waals surface area (Å²) in [6.07, 6.45) is 2.99. The van der Waals surface area contributed by atoms with Gasteiger partial charge in [0.2, 0.25) is 0 Å². The van der Waals surface area contributed by atoms with E-state index in [-0.39, 0.29) is 6.10 Å². The van der Waals surface area contributed by atoms with Crippen LogP contribution in [0.25, 0.3) is 0 Å². The molecular weight excluding hydrogens is 152 g/mol. The van der Waals surface area contributed by atoms with Gasteiger partial charge in [-0.15, -0.1) is 0 Å². The Bertz CT molecular complexity index is 204. The molecule has 2 nitrogen and oxygen atoms in total. The molecule has 12 heavy (non-hydrogen) atoms. The summed E-state index contributed by atoms with van der Waals surface area (Å²) >= 11 is 0. The van der Waals surface area contributed by atoms with Crippen LogP contribution in [0.1, 0.15) is 26.0 Å². The first-order chi connectivity index (χ1) is 5.74. The molecule has 0 aromatic carbocycles. The van der Waals surface area contributed by atoms with Gasteiger partial charge in [0, 0.05) is 6.42 Å². The van der Waals surface area contributed by atoms with Crippen molar-refractivity contribution in [2.24, 2.45) is 5.92 Å². The molecule has 1 rings (SSSR count). The highest BCUT2D eigenvalue weighted by atomic mass is 16.3. The van der Waals surface area contributed by atoms with Crippen molar-refractivity contribution < 1.29 is 9.52 Å². The lowest BCUT2D eigenvalue weighted by molar-refractivity contribution is 0.109. The Labute approximate surface area is 73.2 Å². The topological polar surface area (TPSA) is 33.4 Å². The van der Waals surface area contributed by atoms with E-state index in [1.54, 1.807) is 6.26 Å². The summed E-state index contributed by atoms with van der Waals surface area (Å²) in [6, 6.07) is 3.74. The van der Waals surface area contributed by atoms with Crippen molar-refractivity contribution >= 4 is 0 Å². The molecule has 0 bridgehead atoms.